The first kappa shape index (κ1) is 16.0. The van der Waals surface area contributed by atoms with Gasteiger partial charge in [0.1, 0.15) is 22.2 Å². The molecule has 0 bridgehead atoms. The Bertz CT molecular complexity index is 742. The van der Waals surface area contributed by atoms with Gasteiger partial charge in [-0.15, -0.1) is 11.6 Å². The van der Waals surface area contributed by atoms with Crippen molar-refractivity contribution in [3.63, 3.8) is 0 Å². The fourth-order valence-corrected chi connectivity index (χ4v) is 3.46. The number of furan rings is 1. The van der Waals surface area contributed by atoms with Crippen LogP contribution in [0.3, 0.4) is 0 Å². The van der Waals surface area contributed by atoms with Crippen LogP contribution >= 0.6 is 11.6 Å². The third-order valence-electron chi connectivity index (χ3n) is 3.04. The van der Waals surface area contributed by atoms with Gasteiger partial charge in [0.15, 0.2) is 0 Å². The molecule has 1 aromatic heterocycles. The Morgan fingerprint density at radius 1 is 1.33 bits per heavy atom. The van der Waals surface area contributed by atoms with Crippen molar-refractivity contribution in [3.05, 3.63) is 53.2 Å². The van der Waals surface area contributed by atoms with Crippen LogP contribution in [0.15, 0.2) is 39.6 Å². The van der Waals surface area contributed by atoms with Gasteiger partial charge in [0, 0.05) is 19.7 Å². The summed E-state index contributed by atoms with van der Waals surface area (Å²) in [5.41, 5.74) is 0.569. The van der Waals surface area contributed by atoms with Gasteiger partial charge in [-0.3, -0.25) is 0 Å². The molecule has 0 aliphatic carbocycles. The van der Waals surface area contributed by atoms with Crippen LogP contribution < -0.4 is 0 Å². The molecular formula is C14H15ClFNO3S. The summed E-state index contributed by atoms with van der Waals surface area (Å²) in [4.78, 5) is 0.0806. The lowest BCUT2D eigenvalue weighted by Crippen LogP contribution is -2.26. The van der Waals surface area contributed by atoms with E-state index in [2.05, 4.69) is 0 Å². The standard InChI is InChI=1S/C14H15ClFNO3S/c1-10-14(7-13(8-15)20-10)21(18,19)17(2)9-11-4-3-5-12(16)6-11/h3-7H,8-9H2,1-2H3. The molecule has 114 valence electrons. The molecule has 0 radical (unpaired) electrons. The second-order valence-electron chi connectivity index (χ2n) is 4.66. The minimum Gasteiger partial charge on any atom is -0.464 e. The SMILES string of the molecule is Cc1oc(CCl)cc1S(=O)(=O)N(C)Cc1cccc(F)c1. The van der Waals surface area contributed by atoms with E-state index in [1.165, 1.54) is 25.2 Å². The van der Waals surface area contributed by atoms with Crippen molar-refractivity contribution in [1.29, 1.82) is 0 Å². The second-order valence-corrected chi connectivity index (χ2v) is 6.94. The van der Waals surface area contributed by atoms with Crippen molar-refractivity contribution in [2.45, 2.75) is 24.2 Å². The van der Waals surface area contributed by atoms with Crippen LogP contribution in [0, 0.1) is 12.7 Å². The zero-order valence-corrected chi connectivity index (χ0v) is 13.2. The van der Waals surface area contributed by atoms with Crippen LogP contribution in [-0.4, -0.2) is 19.8 Å². The van der Waals surface area contributed by atoms with E-state index in [-0.39, 0.29) is 23.1 Å². The van der Waals surface area contributed by atoms with Crippen LogP contribution in [0.25, 0.3) is 0 Å². The summed E-state index contributed by atoms with van der Waals surface area (Å²) in [7, 11) is -2.27. The van der Waals surface area contributed by atoms with Gasteiger partial charge in [-0.05, 0) is 24.6 Å². The highest BCUT2D eigenvalue weighted by atomic mass is 35.5. The largest absolute Gasteiger partial charge is 0.464 e. The highest BCUT2D eigenvalue weighted by Crippen LogP contribution is 2.24. The summed E-state index contributed by atoms with van der Waals surface area (Å²) < 4.78 is 44.6. The van der Waals surface area contributed by atoms with E-state index in [0.717, 1.165) is 4.31 Å². The smallest absolute Gasteiger partial charge is 0.246 e. The van der Waals surface area contributed by atoms with Crippen LogP contribution in [0.1, 0.15) is 17.1 Å². The number of nitrogens with zero attached hydrogens (tertiary/aromatic N) is 1. The van der Waals surface area contributed by atoms with E-state index in [0.29, 0.717) is 11.3 Å². The van der Waals surface area contributed by atoms with Crippen molar-refractivity contribution < 1.29 is 17.2 Å². The number of hydrogen-bond donors (Lipinski definition) is 0. The Morgan fingerprint density at radius 2 is 2.05 bits per heavy atom. The summed E-state index contributed by atoms with van der Waals surface area (Å²) in [5.74, 6) is 0.384. The topological polar surface area (TPSA) is 50.5 Å². The molecule has 2 aromatic rings. The Balaban J connectivity index is 2.28. The van der Waals surface area contributed by atoms with Gasteiger partial charge in [-0.25, -0.2) is 12.8 Å². The predicted molar refractivity (Wildman–Crippen MR) is 78.1 cm³/mol. The molecule has 4 nitrogen and oxygen atoms in total. The number of rotatable bonds is 5. The minimum atomic E-state index is -3.71. The normalized spacial score (nSPS) is 12.0. The van der Waals surface area contributed by atoms with Crippen molar-refractivity contribution in [3.8, 4) is 0 Å². The third-order valence-corrected chi connectivity index (χ3v) is 5.21. The molecule has 21 heavy (non-hydrogen) atoms. The third kappa shape index (κ3) is 3.45. The maximum atomic E-state index is 13.2. The molecule has 0 fully saturated rings. The van der Waals surface area contributed by atoms with Gasteiger partial charge in [0.2, 0.25) is 10.0 Å². The molecule has 0 aliphatic rings. The molecule has 0 spiro atoms. The van der Waals surface area contributed by atoms with E-state index in [9.17, 15) is 12.8 Å². The van der Waals surface area contributed by atoms with E-state index in [1.807, 2.05) is 0 Å². The minimum absolute atomic E-state index is 0.0704. The highest BCUT2D eigenvalue weighted by molar-refractivity contribution is 7.89. The average Bonchev–Trinajstić information content (AvgIpc) is 2.80. The Hall–Kier alpha value is -1.37. The van der Waals surface area contributed by atoms with Crippen LogP contribution in [0.2, 0.25) is 0 Å². The quantitative estimate of drug-likeness (QED) is 0.790. The first-order valence-electron chi connectivity index (χ1n) is 6.20. The zero-order chi connectivity index (χ0) is 15.6. The molecule has 0 unspecified atom stereocenters. The van der Waals surface area contributed by atoms with E-state index in [4.69, 9.17) is 16.0 Å². The molecule has 0 amide bonds. The molecule has 0 saturated carbocycles. The lowest BCUT2D eigenvalue weighted by Gasteiger charge is -2.16. The lowest BCUT2D eigenvalue weighted by molar-refractivity contribution is 0.458. The first-order chi connectivity index (χ1) is 9.84. The summed E-state index contributed by atoms with van der Waals surface area (Å²) in [6, 6.07) is 7.24. The van der Waals surface area contributed by atoms with Gasteiger partial charge in [0.25, 0.3) is 0 Å². The van der Waals surface area contributed by atoms with Crippen LogP contribution in [0.5, 0.6) is 0 Å². The van der Waals surface area contributed by atoms with Gasteiger partial charge in [-0.1, -0.05) is 12.1 Å². The van der Waals surface area contributed by atoms with Crippen molar-refractivity contribution >= 4 is 21.6 Å². The van der Waals surface area contributed by atoms with Crippen molar-refractivity contribution in [1.82, 2.24) is 4.31 Å². The number of sulfonamides is 1. The van der Waals surface area contributed by atoms with Gasteiger partial charge in [0.05, 0.1) is 5.88 Å². The van der Waals surface area contributed by atoms with Gasteiger partial charge < -0.3 is 4.42 Å². The number of benzene rings is 1. The summed E-state index contributed by atoms with van der Waals surface area (Å²) in [6.45, 7) is 1.64. The number of halogens is 2. The first-order valence-corrected chi connectivity index (χ1v) is 8.18. The zero-order valence-electron chi connectivity index (χ0n) is 11.6. The maximum Gasteiger partial charge on any atom is 0.246 e. The molecule has 0 aliphatic heterocycles. The second kappa shape index (κ2) is 6.17. The number of aryl methyl sites for hydroxylation is 1. The summed E-state index contributed by atoms with van der Waals surface area (Å²) >= 11 is 5.65. The lowest BCUT2D eigenvalue weighted by atomic mass is 10.2. The fraction of sp³-hybridized carbons (Fsp3) is 0.286. The van der Waals surface area contributed by atoms with Gasteiger partial charge >= 0.3 is 0 Å². The van der Waals surface area contributed by atoms with E-state index < -0.39 is 15.8 Å². The number of hydrogen-bond acceptors (Lipinski definition) is 3. The van der Waals surface area contributed by atoms with Crippen LogP contribution in [0.4, 0.5) is 4.39 Å². The molecule has 2 rings (SSSR count). The molecular weight excluding hydrogens is 317 g/mol. The average molecular weight is 332 g/mol. The van der Waals surface area contributed by atoms with Crippen molar-refractivity contribution in [2.75, 3.05) is 7.05 Å². The summed E-state index contributed by atoms with van der Waals surface area (Å²) in [6.07, 6.45) is 0. The van der Waals surface area contributed by atoms with Crippen molar-refractivity contribution in [2.24, 2.45) is 0 Å². The molecule has 0 saturated heterocycles. The molecule has 0 N–H and O–H groups in total. The molecule has 7 heteroatoms. The van der Waals surface area contributed by atoms with Crippen LogP contribution in [-0.2, 0) is 22.4 Å². The Kier molecular flexibility index (Phi) is 4.70. The Labute approximate surface area is 128 Å². The van der Waals surface area contributed by atoms with Gasteiger partial charge in [-0.2, -0.15) is 4.31 Å². The predicted octanol–water partition coefficient (Wildman–Crippen LogP) is 3.29. The highest BCUT2D eigenvalue weighted by Gasteiger charge is 2.26. The molecule has 1 aromatic carbocycles. The summed E-state index contributed by atoms with van der Waals surface area (Å²) in [5, 5.41) is 0. The number of alkyl halides is 1. The monoisotopic (exact) mass is 331 g/mol. The fourth-order valence-electron chi connectivity index (χ4n) is 1.99. The molecule has 1 heterocycles. The van der Waals surface area contributed by atoms with E-state index >= 15 is 0 Å². The van der Waals surface area contributed by atoms with E-state index in [1.54, 1.807) is 19.1 Å². The maximum absolute atomic E-state index is 13.2. The molecule has 0 atom stereocenters. The Morgan fingerprint density at radius 3 is 2.62 bits per heavy atom.